The lowest BCUT2D eigenvalue weighted by Crippen LogP contribution is -2.38. The van der Waals surface area contributed by atoms with Crippen LogP contribution < -0.4 is 10.6 Å². The molecule has 0 amide bonds. The fourth-order valence-electron chi connectivity index (χ4n) is 2.40. The highest BCUT2D eigenvalue weighted by atomic mass is 127. The maximum atomic E-state index is 13.0. The summed E-state index contributed by atoms with van der Waals surface area (Å²) in [5.41, 5.74) is 1.85. The van der Waals surface area contributed by atoms with Crippen molar-refractivity contribution in [2.45, 2.75) is 26.2 Å². The second-order valence-corrected chi connectivity index (χ2v) is 6.07. The average Bonchev–Trinajstić information content (AvgIpc) is 3.30. The molecule has 2 aromatic rings. The second-order valence-electron chi connectivity index (χ2n) is 6.07. The molecule has 0 radical (unpaired) electrons. The zero-order valence-corrected chi connectivity index (χ0v) is 16.7. The Morgan fingerprint density at radius 1 is 1.24 bits per heavy atom. The van der Waals surface area contributed by atoms with Crippen molar-refractivity contribution in [3.05, 3.63) is 48.0 Å². The van der Waals surface area contributed by atoms with Crippen LogP contribution in [0.1, 0.15) is 25.5 Å². The van der Waals surface area contributed by atoms with Crippen molar-refractivity contribution in [3.63, 3.8) is 0 Å². The molecule has 25 heavy (non-hydrogen) atoms. The number of hydrogen-bond acceptors (Lipinski definition) is 2. The summed E-state index contributed by atoms with van der Waals surface area (Å²) in [4.78, 5) is 4.60. The Morgan fingerprint density at radius 2 is 2.00 bits per heavy atom. The molecule has 5 nitrogen and oxygen atoms in total. The molecule has 0 aliphatic heterocycles. The topological polar surface area (TPSA) is 54.2 Å². The Hall–Kier alpha value is -1.64. The Labute approximate surface area is 165 Å². The lowest BCUT2D eigenvalue weighted by Gasteiger charge is -2.10. The van der Waals surface area contributed by atoms with Crippen LogP contribution in [-0.4, -0.2) is 35.4 Å². The van der Waals surface area contributed by atoms with E-state index in [2.05, 4.69) is 27.6 Å². The predicted octanol–water partition coefficient (Wildman–Crippen LogP) is 3.14. The van der Waals surface area contributed by atoms with Crippen molar-refractivity contribution in [2.75, 3.05) is 19.6 Å². The van der Waals surface area contributed by atoms with Crippen LogP contribution in [0.3, 0.4) is 0 Å². The third kappa shape index (κ3) is 6.30. The number of aromatic nitrogens is 2. The van der Waals surface area contributed by atoms with Crippen LogP contribution in [0.25, 0.3) is 5.69 Å². The first-order valence-corrected chi connectivity index (χ1v) is 8.57. The van der Waals surface area contributed by atoms with E-state index in [0.29, 0.717) is 0 Å². The van der Waals surface area contributed by atoms with Gasteiger partial charge < -0.3 is 10.6 Å². The zero-order valence-electron chi connectivity index (χ0n) is 14.4. The van der Waals surface area contributed by atoms with Gasteiger partial charge in [-0.2, -0.15) is 5.10 Å². The lowest BCUT2D eigenvalue weighted by atomic mass is 10.3. The minimum absolute atomic E-state index is 0. The highest BCUT2D eigenvalue weighted by molar-refractivity contribution is 14.0. The normalized spacial score (nSPS) is 14.1. The smallest absolute Gasteiger partial charge is 0.191 e. The predicted molar refractivity (Wildman–Crippen MR) is 109 cm³/mol. The van der Waals surface area contributed by atoms with E-state index in [4.69, 9.17) is 0 Å². The van der Waals surface area contributed by atoms with Gasteiger partial charge >= 0.3 is 0 Å². The van der Waals surface area contributed by atoms with Crippen LogP contribution in [-0.2, 0) is 6.42 Å². The Morgan fingerprint density at radius 3 is 2.68 bits per heavy atom. The molecule has 1 aromatic heterocycles. The zero-order chi connectivity index (χ0) is 16.8. The van der Waals surface area contributed by atoms with Crippen LogP contribution in [0.5, 0.6) is 0 Å². The first-order valence-electron chi connectivity index (χ1n) is 8.57. The van der Waals surface area contributed by atoms with Gasteiger partial charge in [0.15, 0.2) is 5.96 Å². The van der Waals surface area contributed by atoms with Crippen molar-refractivity contribution >= 4 is 29.9 Å². The van der Waals surface area contributed by atoms with Gasteiger partial charge in [-0.15, -0.1) is 24.0 Å². The van der Waals surface area contributed by atoms with Crippen molar-refractivity contribution in [2.24, 2.45) is 10.9 Å². The van der Waals surface area contributed by atoms with Crippen LogP contribution in [0.15, 0.2) is 41.5 Å². The Balaban J connectivity index is 0.00000225. The molecule has 0 unspecified atom stereocenters. The third-order valence-corrected chi connectivity index (χ3v) is 3.96. The number of benzene rings is 1. The number of rotatable bonds is 7. The molecule has 1 aromatic carbocycles. The summed E-state index contributed by atoms with van der Waals surface area (Å²) < 4.78 is 14.7. The van der Waals surface area contributed by atoms with E-state index in [1.807, 2.05) is 12.3 Å². The monoisotopic (exact) mass is 457 g/mol. The molecule has 0 bridgehead atoms. The molecule has 1 aliphatic carbocycles. The molecule has 1 heterocycles. The number of guanidine groups is 1. The van der Waals surface area contributed by atoms with Gasteiger partial charge in [-0.3, -0.25) is 4.99 Å². The SMILES string of the molecule is CCNC(=NCC1CC1)NCCc1ccn(-c2ccc(F)cc2)n1.I. The number of nitrogens with one attached hydrogen (secondary N) is 2. The maximum Gasteiger partial charge on any atom is 0.191 e. The van der Waals surface area contributed by atoms with Gasteiger partial charge in [-0.1, -0.05) is 0 Å². The van der Waals surface area contributed by atoms with Crippen LogP contribution in [0.2, 0.25) is 0 Å². The van der Waals surface area contributed by atoms with Gasteiger partial charge in [0, 0.05) is 32.3 Å². The van der Waals surface area contributed by atoms with Crippen molar-refractivity contribution in [3.8, 4) is 5.69 Å². The Kier molecular flexibility index (Phi) is 7.67. The standard InChI is InChI=1S/C18H24FN5.HI/c1-2-20-18(22-13-14-3-4-14)21-11-9-16-10-12-24(23-16)17-7-5-15(19)6-8-17;/h5-8,10,12,14H,2-4,9,11,13H2,1H3,(H2,20,21,22);1H. The molecule has 0 spiro atoms. The van der Waals surface area contributed by atoms with Crippen molar-refractivity contribution < 1.29 is 4.39 Å². The summed E-state index contributed by atoms with van der Waals surface area (Å²) in [6.45, 7) is 4.61. The molecule has 1 fully saturated rings. The van der Waals surface area contributed by atoms with E-state index in [9.17, 15) is 4.39 Å². The average molecular weight is 457 g/mol. The van der Waals surface area contributed by atoms with E-state index in [0.717, 1.165) is 49.3 Å². The fraction of sp³-hybridized carbons (Fsp3) is 0.444. The molecule has 1 saturated carbocycles. The molecular formula is C18H25FIN5. The molecule has 136 valence electrons. The summed E-state index contributed by atoms with van der Waals surface area (Å²) in [5.74, 6) is 1.42. The van der Waals surface area contributed by atoms with Gasteiger partial charge in [0.1, 0.15) is 5.82 Å². The maximum absolute atomic E-state index is 13.0. The summed E-state index contributed by atoms with van der Waals surface area (Å²) in [5, 5.41) is 11.1. The molecule has 2 N–H and O–H groups in total. The van der Waals surface area contributed by atoms with Gasteiger partial charge in [-0.05, 0) is 56.0 Å². The number of nitrogens with zero attached hydrogens (tertiary/aromatic N) is 3. The highest BCUT2D eigenvalue weighted by Crippen LogP contribution is 2.28. The minimum atomic E-state index is -0.239. The summed E-state index contributed by atoms with van der Waals surface area (Å²) in [6.07, 6.45) is 5.32. The lowest BCUT2D eigenvalue weighted by molar-refractivity contribution is 0.627. The molecular weight excluding hydrogens is 432 g/mol. The largest absolute Gasteiger partial charge is 0.357 e. The molecule has 0 saturated heterocycles. The minimum Gasteiger partial charge on any atom is -0.357 e. The van der Waals surface area contributed by atoms with Crippen LogP contribution >= 0.6 is 24.0 Å². The quantitative estimate of drug-likeness (QED) is 0.382. The molecule has 0 atom stereocenters. The summed E-state index contributed by atoms with van der Waals surface area (Å²) in [7, 11) is 0. The first kappa shape index (κ1) is 19.7. The van der Waals surface area contributed by atoms with Gasteiger partial charge in [0.05, 0.1) is 11.4 Å². The second kappa shape index (κ2) is 9.74. The van der Waals surface area contributed by atoms with E-state index >= 15 is 0 Å². The van der Waals surface area contributed by atoms with Crippen molar-refractivity contribution in [1.82, 2.24) is 20.4 Å². The summed E-state index contributed by atoms with van der Waals surface area (Å²) >= 11 is 0. The van der Waals surface area contributed by atoms with E-state index in [-0.39, 0.29) is 29.8 Å². The van der Waals surface area contributed by atoms with Crippen molar-refractivity contribution in [1.29, 1.82) is 0 Å². The molecule has 1 aliphatic rings. The third-order valence-electron chi connectivity index (χ3n) is 3.96. The summed E-state index contributed by atoms with van der Waals surface area (Å²) in [6, 6.07) is 8.31. The Bertz CT molecular complexity index is 679. The van der Waals surface area contributed by atoms with Crippen LogP contribution in [0, 0.1) is 11.7 Å². The number of halogens is 2. The fourth-order valence-corrected chi connectivity index (χ4v) is 2.40. The van der Waals surface area contributed by atoms with E-state index in [1.165, 1.54) is 25.0 Å². The van der Waals surface area contributed by atoms with Gasteiger partial charge in [-0.25, -0.2) is 9.07 Å². The van der Waals surface area contributed by atoms with E-state index < -0.39 is 0 Å². The molecule has 7 heteroatoms. The molecule has 3 rings (SSSR count). The number of aliphatic imine (C=N–C) groups is 1. The number of hydrogen-bond donors (Lipinski definition) is 2. The van der Waals surface area contributed by atoms with Gasteiger partial charge in [0.25, 0.3) is 0 Å². The van der Waals surface area contributed by atoms with E-state index in [1.54, 1.807) is 16.8 Å². The van der Waals surface area contributed by atoms with Crippen LogP contribution in [0.4, 0.5) is 4.39 Å². The first-order chi connectivity index (χ1) is 11.7. The highest BCUT2D eigenvalue weighted by Gasteiger charge is 2.20. The van der Waals surface area contributed by atoms with Gasteiger partial charge in [0.2, 0.25) is 0 Å².